The van der Waals surface area contributed by atoms with Crippen LogP contribution < -0.4 is 27.0 Å². The second-order valence-electron chi connectivity index (χ2n) is 10.4. The smallest absolute Gasteiger partial charge is 0.374 e. The van der Waals surface area contributed by atoms with E-state index < -0.39 is 36.2 Å². The summed E-state index contributed by atoms with van der Waals surface area (Å²) in [6, 6.07) is 10.3. The summed E-state index contributed by atoms with van der Waals surface area (Å²) in [7, 11) is 3.63. The quantitative estimate of drug-likeness (QED) is 0.135. The maximum absolute atomic E-state index is 13.8. The Labute approximate surface area is 259 Å². The van der Waals surface area contributed by atoms with E-state index in [1.54, 1.807) is 30.3 Å². The van der Waals surface area contributed by atoms with Gasteiger partial charge in [0, 0.05) is 48.3 Å². The second-order valence-corrected chi connectivity index (χ2v) is 10.4. The first-order valence-electron chi connectivity index (χ1n) is 14.2. The van der Waals surface area contributed by atoms with Gasteiger partial charge < -0.3 is 31.9 Å². The van der Waals surface area contributed by atoms with E-state index in [2.05, 4.69) is 31.2 Å². The molecule has 0 radical (unpaired) electrons. The highest BCUT2D eigenvalue weighted by Crippen LogP contribution is 2.28. The van der Waals surface area contributed by atoms with Gasteiger partial charge in [0.05, 0.1) is 0 Å². The number of nitrogens with two attached hydrogens (primary N) is 1. The van der Waals surface area contributed by atoms with Crippen molar-refractivity contribution in [3.05, 3.63) is 78.0 Å². The van der Waals surface area contributed by atoms with Crippen LogP contribution in [0.1, 0.15) is 46.9 Å². The zero-order chi connectivity index (χ0) is 33.0. The first-order chi connectivity index (χ1) is 21.3. The minimum atomic E-state index is -4.61. The standard InChI is InChI=1S/C31H37F3N8O3/c1-4-16-36-28-25(19-37-30(41-28)40-21-12-10-20(11-13-21)27(35)44)29(45)39-23-8-5-7-22(18-23)38-26(31(32,33)34)15-14-24(43)9-6-17-42(2)3/h5-13,18-19,26,38H,4,14-17H2,1-3H3,(H2,35,44)(H,39,45)(H2,36,37,40,41)/b9-6+. The zero-order valence-electron chi connectivity index (χ0n) is 25.2. The molecular weight excluding hydrogens is 589 g/mol. The molecule has 0 aliphatic heterocycles. The summed E-state index contributed by atoms with van der Waals surface area (Å²) in [5, 5.41) is 11.2. The molecule has 45 heavy (non-hydrogen) atoms. The van der Waals surface area contributed by atoms with Crippen LogP contribution in [0.25, 0.3) is 0 Å². The van der Waals surface area contributed by atoms with Crippen molar-refractivity contribution in [3.8, 4) is 0 Å². The highest BCUT2D eigenvalue weighted by Gasteiger charge is 2.39. The van der Waals surface area contributed by atoms with Gasteiger partial charge in [0.2, 0.25) is 11.9 Å². The number of alkyl halides is 3. The molecule has 1 unspecified atom stereocenters. The summed E-state index contributed by atoms with van der Waals surface area (Å²) in [6.07, 6.45) is -0.375. The Balaban J connectivity index is 1.72. The Bertz CT molecular complexity index is 1490. The lowest BCUT2D eigenvalue weighted by atomic mass is 10.1. The van der Waals surface area contributed by atoms with Crippen LogP contribution in [0.2, 0.25) is 0 Å². The molecule has 11 nitrogen and oxygen atoms in total. The predicted octanol–water partition coefficient (Wildman–Crippen LogP) is 5.20. The van der Waals surface area contributed by atoms with Crippen molar-refractivity contribution in [1.82, 2.24) is 14.9 Å². The van der Waals surface area contributed by atoms with Crippen LogP contribution in [0.4, 0.5) is 42.0 Å². The monoisotopic (exact) mass is 626 g/mol. The van der Waals surface area contributed by atoms with E-state index in [1.807, 2.05) is 25.9 Å². The molecule has 0 aliphatic rings. The van der Waals surface area contributed by atoms with E-state index in [1.165, 1.54) is 36.5 Å². The van der Waals surface area contributed by atoms with Crippen molar-refractivity contribution in [2.24, 2.45) is 5.73 Å². The maximum Gasteiger partial charge on any atom is 0.408 e. The number of nitrogens with one attached hydrogen (secondary N) is 4. The number of primary amides is 1. The minimum absolute atomic E-state index is 0.116. The van der Waals surface area contributed by atoms with Crippen molar-refractivity contribution >= 4 is 46.4 Å². The van der Waals surface area contributed by atoms with Crippen LogP contribution in [0.3, 0.4) is 0 Å². The number of hydrogen-bond donors (Lipinski definition) is 5. The van der Waals surface area contributed by atoms with Crippen LogP contribution in [-0.2, 0) is 4.79 Å². The first-order valence-corrected chi connectivity index (χ1v) is 14.2. The van der Waals surface area contributed by atoms with E-state index in [0.29, 0.717) is 24.3 Å². The van der Waals surface area contributed by atoms with E-state index in [-0.39, 0.29) is 35.1 Å². The van der Waals surface area contributed by atoms with E-state index in [4.69, 9.17) is 5.73 Å². The average molecular weight is 627 g/mol. The van der Waals surface area contributed by atoms with Gasteiger partial charge >= 0.3 is 6.18 Å². The zero-order valence-corrected chi connectivity index (χ0v) is 25.2. The van der Waals surface area contributed by atoms with Crippen molar-refractivity contribution in [2.45, 2.75) is 38.4 Å². The Hall–Kier alpha value is -4.98. The van der Waals surface area contributed by atoms with Crippen LogP contribution in [-0.4, -0.2) is 71.9 Å². The van der Waals surface area contributed by atoms with Gasteiger partial charge in [-0.05, 0) is 75.5 Å². The lowest BCUT2D eigenvalue weighted by Crippen LogP contribution is -2.36. The molecule has 3 aromatic rings. The van der Waals surface area contributed by atoms with Crippen molar-refractivity contribution < 1.29 is 27.6 Å². The summed E-state index contributed by atoms with van der Waals surface area (Å²) in [6.45, 7) is 2.96. The molecule has 0 saturated heterocycles. The maximum atomic E-state index is 13.8. The molecule has 0 bridgehead atoms. The number of rotatable bonds is 16. The molecule has 240 valence electrons. The molecule has 1 aromatic heterocycles. The molecule has 0 spiro atoms. The van der Waals surface area contributed by atoms with Gasteiger partial charge in [-0.25, -0.2) is 4.98 Å². The number of anilines is 5. The molecule has 0 aliphatic carbocycles. The fourth-order valence-corrected chi connectivity index (χ4v) is 4.00. The number of hydrogen-bond acceptors (Lipinski definition) is 9. The Morgan fingerprint density at radius 1 is 1.04 bits per heavy atom. The number of nitrogens with zero attached hydrogens (tertiary/aromatic N) is 3. The minimum Gasteiger partial charge on any atom is -0.374 e. The number of benzene rings is 2. The van der Waals surface area contributed by atoms with Gasteiger partial charge in [-0.2, -0.15) is 18.2 Å². The molecule has 0 fully saturated rings. The van der Waals surface area contributed by atoms with Gasteiger partial charge in [-0.1, -0.05) is 19.1 Å². The number of carbonyl (C=O) groups excluding carboxylic acids is 3. The Kier molecular flexibility index (Phi) is 12.4. The Morgan fingerprint density at radius 2 is 1.76 bits per heavy atom. The van der Waals surface area contributed by atoms with Crippen molar-refractivity contribution in [2.75, 3.05) is 48.5 Å². The first kappa shape index (κ1) is 34.5. The number of ketones is 1. The molecule has 2 aromatic carbocycles. The molecule has 1 atom stereocenters. The number of aromatic nitrogens is 2. The third kappa shape index (κ3) is 11.2. The largest absolute Gasteiger partial charge is 0.408 e. The number of likely N-dealkylation sites (N-methyl/N-ethyl adjacent to an activating group) is 1. The Morgan fingerprint density at radius 3 is 2.40 bits per heavy atom. The van der Waals surface area contributed by atoms with E-state index >= 15 is 0 Å². The van der Waals surface area contributed by atoms with Gasteiger partial charge in [-0.3, -0.25) is 14.4 Å². The number of allylic oxidation sites excluding steroid dienone is 1. The van der Waals surface area contributed by atoms with Gasteiger partial charge in [0.1, 0.15) is 17.4 Å². The molecule has 3 rings (SSSR count). The number of halogens is 3. The summed E-state index contributed by atoms with van der Waals surface area (Å²) >= 11 is 0. The third-order valence-corrected chi connectivity index (χ3v) is 6.31. The van der Waals surface area contributed by atoms with E-state index in [0.717, 1.165) is 6.42 Å². The molecule has 6 N–H and O–H groups in total. The molecular formula is C31H37F3N8O3. The molecule has 14 heteroatoms. The van der Waals surface area contributed by atoms with Crippen molar-refractivity contribution in [1.29, 1.82) is 0 Å². The van der Waals surface area contributed by atoms with Crippen LogP contribution in [0, 0.1) is 0 Å². The van der Waals surface area contributed by atoms with Gasteiger partial charge in [0.25, 0.3) is 5.91 Å². The second kappa shape index (κ2) is 16.2. The number of amides is 2. The molecule has 0 saturated carbocycles. The fraction of sp³-hybridized carbons (Fsp3) is 0.323. The summed E-state index contributed by atoms with van der Waals surface area (Å²) in [5.41, 5.74) is 6.68. The van der Waals surface area contributed by atoms with Crippen LogP contribution >= 0.6 is 0 Å². The molecule has 2 amide bonds. The van der Waals surface area contributed by atoms with E-state index in [9.17, 15) is 27.6 Å². The normalized spacial score (nSPS) is 12.2. The van der Waals surface area contributed by atoms with Gasteiger partial charge in [0.15, 0.2) is 5.78 Å². The molecule has 1 heterocycles. The lowest BCUT2D eigenvalue weighted by Gasteiger charge is -2.22. The summed E-state index contributed by atoms with van der Waals surface area (Å²) < 4.78 is 41.4. The van der Waals surface area contributed by atoms with Crippen LogP contribution in [0.15, 0.2) is 66.9 Å². The average Bonchev–Trinajstić information content (AvgIpc) is 2.98. The van der Waals surface area contributed by atoms with Crippen molar-refractivity contribution in [3.63, 3.8) is 0 Å². The highest BCUT2D eigenvalue weighted by molar-refractivity contribution is 6.07. The number of carbonyl (C=O) groups is 3. The fourth-order valence-electron chi connectivity index (χ4n) is 4.00. The van der Waals surface area contributed by atoms with Crippen LogP contribution in [0.5, 0.6) is 0 Å². The van der Waals surface area contributed by atoms with Gasteiger partial charge in [-0.15, -0.1) is 0 Å². The lowest BCUT2D eigenvalue weighted by molar-refractivity contribution is -0.144. The topological polar surface area (TPSA) is 154 Å². The summed E-state index contributed by atoms with van der Waals surface area (Å²) in [4.78, 5) is 47.1. The summed E-state index contributed by atoms with van der Waals surface area (Å²) in [5.74, 6) is -1.10. The highest BCUT2D eigenvalue weighted by atomic mass is 19.4. The predicted molar refractivity (Wildman–Crippen MR) is 169 cm³/mol. The third-order valence-electron chi connectivity index (χ3n) is 6.31. The SMILES string of the molecule is CCCNc1nc(Nc2ccc(C(N)=O)cc2)ncc1C(=O)Nc1cccc(NC(CCC(=O)/C=C/CN(C)C)C(F)(F)F)c1.